The van der Waals surface area contributed by atoms with Gasteiger partial charge in [0.15, 0.2) is 0 Å². The van der Waals surface area contributed by atoms with Crippen LogP contribution in [0.15, 0.2) is 24.3 Å². The van der Waals surface area contributed by atoms with E-state index in [9.17, 15) is 14.4 Å². The molecule has 3 amide bonds. The van der Waals surface area contributed by atoms with Crippen LogP contribution in [0.5, 0.6) is 0 Å². The molecule has 6 heteroatoms. The van der Waals surface area contributed by atoms with E-state index in [0.717, 1.165) is 5.56 Å². The van der Waals surface area contributed by atoms with Gasteiger partial charge in [0.05, 0.1) is 6.54 Å². The summed E-state index contributed by atoms with van der Waals surface area (Å²) < 4.78 is 0. The van der Waals surface area contributed by atoms with Crippen LogP contribution in [0.25, 0.3) is 0 Å². The minimum absolute atomic E-state index is 0.0341. The van der Waals surface area contributed by atoms with Crippen LogP contribution < -0.4 is 16.0 Å². The number of benzene rings is 1. The molecule has 0 aliphatic carbocycles. The van der Waals surface area contributed by atoms with Gasteiger partial charge in [-0.25, -0.2) is 0 Å². The third kappa shape index (κ3) is 8.14. The number of amides is 3. The summed E-state index contributed by atoms with van der Waals surface area (Å²) in [4.78, 5) is 35.5. The molecule has 1 rings (SSSR count). The van der Waals surface area contributed by atoms with Crippen LogP contribution in [0, 0.1) is 0 Å². The Morgan fingerprint density at radius 2 is 1.42 bits per heavy atom. The molecular formula is C20H31N3O3. The predicted octanol–water partition coefficient (Wildman–Crippen LogP) is 2.13. The first-order valence-electron chi connectivity index (χ1n) is 8.85. The maximum atomic E-state index is 12.1. The van der Waals surface area contributed by atoms with Gasteiger partial charge < -0.3 is 16.0 Å². The zero-order valence-corrected chi connectivity index (χ0v) is 16.7. The molecule has 144 valence electrons. The minimum atomic E-state index is -0.335. The summed E-state index contributed by atoms with van der Waals surface area (Å²) in [6.45, 7) is 12.1. The molecule has 0 aromatic heterocycles. The lowest BCUT2D eigenvalue weighted by Crippen LogP contribution is -2.46. The maximum Gasteiger partial charge on any atom is 0.251 e. The minimum Gasteiger partial charge on any atom is -0.352 e. The summed E-state index contributed by atoms with van der Waals surface area (Å²) in [6.07, 6.45) is 0.120. The highest BCUT2D eigenvalue weighted by Gasteiger charge is 2.15. The fourth-order valence-corrected chi connectivity index (χ4v) is 2.24. The van der Waals surface area contributed by atoms with Gasteiger partial charge in [0.2, 0.25) is 11.8 Å². The lowest BCUT2D eigenvalue weighted by Gasteiger charge is -2.20. The molecule has 26 heavy (non-hydrogen) atoms. The van der Waals surface area contributed by atoms with Crippen LogP contribution in [0.2, 0.25) is 0 Å². The third-order valence-corrected chi connectivity index (χ3v) is 3.61. The monoisotopic (exact) mass is 361 g/mol. The van der Waals surface area contributed by atoms with Gasteiger partial charge in [-0.3, -0.25) is 14.4 Å². The third-order valence-electron chi connectivity index (χ3n) is 3.61. The first-order chi connectivity index (χ1) is 11.9. The molecule has 0 saturated carbocycles. The van der Waals surface area contributed by atoms with Gasteiger partial charge in [-0.15, -0.1) is 0 Å². The second kappa shape index (κ2) is 8.83. The molecule has 0 aliphatic heterocycles. The number of carbonyl (C=O) groups is 3. The second-order valence-corrected chi connectivity index (χ2v) is 8.41. The highest BCUT2D eigenvalue weighted by atomic mass is 16.2. The van der Waals surface area contributed by atoms with E-state index in [1.54, 1.807) is 12.1 Å². The molecule has 0 atom stereocenters. The van der Waals surface area contributed by atoms with Crippen molar-refractivity contribution in [2.45, 2.75) is 58.9 Å². The molecular weight excluding hydrogens is 330 g/mol. The van der Waals surface area contributed by atoms with E-state index >= 15 is 0 Å². The van der Waals surface area contributed by atoms with Crippen LogP contribution in [0.1, 0.15) is 63.9 Å². The molecule has 1 aromatic carbocycles. The Labute approximate surface area is 156 Å². The molecule has 6 nitrogen and oxygen atoms in total. The fraction of sp³-hybridized carbons (Fsp3) is 0.550. The smallest absolute Gasteiger partial charge is 0.251 e. The van der Waals surface area contributed by atoms with Crippen LogP contribution in [0.3, 0.4) is 0 Å². The SMILES string of the molecule is CC(C)(C)NC(=O)CNC(=O)CCNC(=O)c1ccc(C(C)(C)C)cc1. The van der Waals surface area contributed by atoms with Crippen molar-refractivity contribution in [1.82, 2.24) is 16.0 Å². The molecule has 0 radical (unpaired) electrons. The molecule has 0 fully saturated rings. The molecule has 0 aliphatic rings. The summed E-state index contributed by atoms with van der Waals surface area (Å²) in [5.41, 5.74) is 1.41. The van der Waals surface area contributed by atoms with Gasteiger partial charge in [-0.1, -0.05) is 32.9 Å². The van der Waals surface area contributed by atoms with Crippen molar-refractivity contribution in [3.8, 4) is 0 Å². The van der Waals surface area contributed by atoms with Crippen LogP contribution in [-0.4, -0.2) is 36.3 Å². The Morgan fingerprint density at radius 3 is 1.92 bits per heavy atom. The van der Waals surface area contributed by atoms with Gasteiger partial charge in [0.25, 0.3) is 5.91 Å². The Morgan fingerprint density at radius 1 is 0.846 bits per heavy atom. The van der Waals surface area contributed by atoms with Crippen molar-refractivity contribution in [3.63, 3.8) is 0 Å². The second-order valence-electron chi connectivity index (χ2n) is 8.41. The standard InChI is InChI=1S/C20H31N3O3/c1-19(2,3)15-9-7-14(8-10-15)18(26)21-12-11-16(24)22-13-17(25)23-20(4,5)6/h7-10H,11-13H2,1-6H3,(H,21,26)(H,22,24)(H,23,25). The molecule has 0 heterocycles. The lowest BCUT2D eigenvalue weighted by molar-refractivity contribution is -0.126. The van der Waals surface area contributed by atoms with Crippen LogP contribution in [0.4, 0.5) is 0 Å². The van der Waals surface area contributed by atoms with Gasteiger partial charge in [0.1, 0.15) is 0 Å². The van der Waals surface area contributed by atoms with E-state index in [-0.39, 0.29) is 48.2 Å². The fourth-order valence-electron chi connectivity index (χ4n) is 2.24. The van der Waals surface area contributed by atoms with Crippen molar-refractivity contribution in [2.75, 3.05) is 13.1 Å². The van der Waals surface area contributed by atoms with Crippen LogP contribution >= 0.6 is 0 Å². The largest absolute Gasteiger partial charge is 0.352 e. The van der Waals surface area contributed by atoms with Crippen LogP contribution in [-0.2, 0) is 15.0 Å². The highest BCUT2D eigenvalue weighted by Crippen LogP contribution is 2.22. The lowest BCUT2D eigenvalue weighted by atomic mass is 9.87. The molecule has 0 spiro atoms. The van der Waals surface area contributed by atoms with E-state index in [0.29, 0.717) is 5.56 Å². The molecule has 1 aromatic rings. The normalized spacial score (nSPS) is 11.6. The van der Waals surface area contributed by atoms with Crippen molar-refractivity contribution < 1.29 is 14.4 Å². The number of rotatable bonds is 6. The van der Waals surface area contributed by atoms with Gasteiger partial charge >= 0.3 is 0 Å². The molecule has 0 bridgehead atoms. The van der Waals surface area contributed by atoms with Crippen molar-refractivity contribution in [3.05, 3.63) is 35.4 Å². The van der Waals surface area contributed by atoms with Gasteiger partial charge in [-0.05, 0) is 43.9 Å². The summed E-state index contributed by atoms with van der Waals surface area (Å²) in [5.74, 6) is -0.741. The van der Waals surface area contributed by atoms with Gasteiger partial charge in [0, 0.05) is 24.1 Å². The Balaban J connectivity index is 2.35. The van der Waals surface area contributed by atoms with Crippen molar-refractivity contribution >= 4 is 17.7 Å². The Hall–Kier alpha value is -2.37. The molecule has 0 unspecified atom stereocenters. The number of carbonyl (C=O) groups excluding carboxylic acids is 3. The zero-order valence-electron chi connectivity index (χ0n) is 16.7. The Kier molecular flexibility index (Phi) is 7.36. The average molecular weight is 361 g/mol. The maximum absolute atomic E-state index is 12.1. The molecule has 0 saturated heterocycles. The summed E-state index contributed by atoms with van der Waals surface area (Å²) in [5, 5.41) is 8.02. The summed E-state index contributed by atoms with van der Waals surface area (Å²) in [6, 6.07) is 7.45. The molecule has 3 N–H and O–H groups in total. The summed E-state index contributed by atoms with van der Waals surface area (Å²) >= 11 is 0. The van der Waals surface area contributed by atoms with E-state index in [4.69, 9.17) is 0 Å². The zero-order chi connectivity index (χ0) is 20.0. The summed E-state index contributed by atoms with van der Waals surface area (Å²) in [7, 11) is 0. The first-order valence-corrected chi connectivity index (χ1v) is 8.85. The topological polar surface area (TPSA) is 87.3 Å². The Bertz CT molecular complexity index is 638. The van der Waals surface area contributed by atoms with E-state index in [1.807, 2.05) is 32.9 Å². The average Bonchev–Trinajstić information content (AvgIpc) is 2.50. The number of hydrogen-bond acceptors (Lipinski definition) is 3. The van der Waals surface area contributed by atoms with E-state index in [2.05, 4.69) is 36.7 Å². The quantitative estimate of drug-likeness (QED) is 0.725. The van der Waals surface area contributed by atoms with E-state index in [1.165, 1.54) is 0 Å². The van der Waals surface area contributed by atoms with Gasteiger partial charge in [-0.2, -0.15) is 0 Å². The highest BCUT2D eigenvalue weighted by molar-refractivity contribution is 5.94. The number of hydrogen-bond donors (Lipinski definition) is 3. The number of nitrogens with one attached hydrogen (secondary N) is 3. The predicted molar refractivity (Wildman–Crippen MR) is 103 cm³/mol. The van der Waals surface area contributed by atoms with E-state index < -0.39 is 0 Å². The van der Waals surface area contributed by atoms with Crippen molar-refractivity contribution in [2.24, 2.45) is 0 Å². The van der Waals surface area contributed by atoms with Crippen molar-refractivity contribution in [1.29, 1.82) is 0 Å². The first kappa shape index (κ1) is 21.7.